The van der Waals surface area contributed by atoms with E-state index >= 15 is 0 Å². The number of benzene rings is 1. The third-order valence-electron chi connectivity index (χ3n) is 2.19. The zero-order valence-electron chi connectivity index (χ0n) is 9.48. The van der Waals surface area contributed by atoms with Crippen molar-refractivity contribution < 1.29 is 4.92 Å². The highest BCUT2D eigenvalue weighted by atomic mass is 32.1. The molecule has 19 heavy (non-hydrogen) atoms. The largest absolute Gasteiger partial charge is 0.389 e. The molecule has 0 amide bonds. The number of azo groups is 1. The molecule has 2 aromatic rings. The van der Waals surface area contributed by atoms with Gasteiger partial charge in [0.25, 0.3) is 5.69 Å². The molecule has 1 aromatic heterocycles. The minimum Gasteiger partial charge on any atom is -0.389 e. The van der Waals surface area contributed by atoms with Gasteiger partial charge < -0.3 is 5.73 Å². The van der Waals surface area contributed by atoms with E-state index in [2.05, 4.69) is 10.2 Å². The average molecular weight is 273 g/mol. The lowest BCUT2D eigenvalue weighted by atomic mass is 10.3. The Kier molecular flexibility index (Phi) is 3.49. The number of nitrogens with zero attached hydrogens (tertiary/aromatic N) is 4. The molecule has 1 aromatic carbocycles. The normalized spacial score (nSPS) is 10.5. The molecular formula is C11H7N5O2S. The maximum Gasteiger partial charge on any atom is 0.269 e. The maximum atomic E-state index is 10.5. The van der Waals surface area contributed by atoms with Crippen LogP contribution in [0.5, 0.6) is 0 Å². The van der Waals surface area contributed by atoms with Gasteiger partial charge in [-0.05, 0) is 18.2 Å². The van der Waals surface area contributed by atoms with Gasteiger partial charge in [0.1, 0.15) is 16.1 Å². The monoisotopic (exact) mass is 273 g/mol. The Morgan fingerprint density at radius 2 is 2.00 bits per heavy atom. The van der Waals surface area contributed by atoms with Crippen molar-refractivity contribution in [2.75, 3.05) is 5.73 Å². The molecule has 0 bridgehead atoms. The molecule has 0 spiro atoms. The SMILES string of the molecule is N#Cc1cc(/N=N/c2ccc([N+](=O)[O-])cc2)sc1N. The van der Waals surface area contributed by atoms with Crippen molar-refractivity contribution >= 4 is 32.7 Å². The van der Waals surface area contributed by atoms with Gasteiger partial charge in [0.15, 0.2) is 0 Å². The molecule has 0 aliphatic carbocycles. The summed E-state index contributed by atoms with van der Waals surface area (Å²) in [6.45, 7) is 0. The molecule has 7 nitrogen and oxygen atoms in total. The fourth-order valence-corrected chi connectivity index (χ4v) is 1.97. The summed E-state index contributed by atoms with van der Waals surface area (Å²) < 4.78 is 0. The van der Waals surface area contributed by atoms with Crippen LogP contribution >= 0.6 is 11.3 Å². The minimum atomic E-state index is -0.486. The molecule has 2 rings (SSSR count). The van der Waals surface area contributed by atoms with Crippen molar-refractivity contribution in [2.24, 2.45) is 10.2 Å². The highest BCUT2D eigenvalue weighted by Crippen LogP contribution is 2.32. The summed E-state index contributed by atoms with van der Waals surface area (Å²) >= 11 is 1.15. The van der Waals surface area contributed by atoms with Gasteiger partial charge >= 0.3 is 0 Å². The van der Waals surface area contributed by atoms with Crippen LogP contribution in [-0.4, -0.2) is 4.92 Å². The van der Waals surface area contributed by atoms with Crippen LogP contribution in [-0.2, 0) is 0 Å². The van der Waals surface area contributed by atoms with Crippen molar-refractivity contribution in [3.05, 3.63) is 46.0 Å². The van der Waals surface area contributed by atoms with Crippen LogP contribution in [0.3, 0.4) is 0 Å². The predicted molar refractivity (Wildman–Crippen MR) is 70.7 cm³/mol. The molecule has 0 atom stereocenters. The van der Waals surface area contributed by atoms with E-state index in [0.717, 1.165) is 11.3 Å². The maximum absolute atomic E-state index is 10.5. The Bertz CT molecular complexity index is 684. The number of rotatable bonds is 3. The van der Waals surface area contributed by atoms with E-state index in [1.807, 2.05) is 6.07 Å². The first-order valence-electron chi connectivity index (χ1n) is 5.06. The van der Waals surface area contributed by atoms with Gasteiger partial charge in [-0.15, -0.1) is 10.2 Å². The summed E-state index contributed by atoms with van der Waals surface area (Å²) in [4.78, 5) is 9.99. The smallest absolute Gasteiger partial charge is 0.269 e. The molecule has 0 saturated heterocycles. The first-order valence-corrected chi connectivity index (χ1v) is 5.87. The Balaban J connectivity index is 2.18. The van der Waals surface area contributed by atoms with Crippen molar-refractivity contribution in [3.8, 4) is 6.07 Å². The van der Waals surface area contributed by atoms with Gasteiger partial charge in [-0.3, -0.25) is 10.1 Å². The zero-order valence-corrected chi connectivity index (χ0v) is 10.3. The first kappa shape index (κ1) is 12.7. The number of nitro groups is 1. The molecule has 0 saturated carbocycles. The van der Waals surface area contributed by atoms with E-state index in [1.165, 1.54) is 30.3 Å². The fraction of sp³-hybridized carbons (Fsp3) is 0. The molecule has 8 heteroatoms. The van der Waals surface area contributed by atoms with Crippen LogP contribution in [0.25, 0.3) is 0 Å². The van der Waals surface area contributed by atoms with Crippen LogP contribution < -0.4 is 5.73 Å². The average Bonchev–Trinajstić information content (AvgIpc) is 2.77. The highest BCUT2D eigenvalue weighted by molar-refractivity contribution is 7.19. The molecule has 1 heterocycles. The van der Waals surface area contributed by atoms with E-state index in [-0.39, 0.29) is 5.69 Å². The second-order valence-electron chi connectivity index (χ2n) is 3.45. The summed E-state index contributed by atoms with van der Waals surface area (Å²) in [7, 11) is 0. The van der Waals surface area contributed by atoms with Gasteiger partial charge in [-0.25, -0.2) is 0 Å². The standard InChI is InChI=1S/C11H7N5O2S/c12-6-7-5-10(19-11(7)13)15-14-8-1-3-9(4-2-8)16(17)18/h1-5H,13H2/b15-14+. The summed E-state index contributed by atoms with van der Waals surface area (Å²) in [5.41, 5.74) is 6.43. The number of hydrogen-bond donors (Lipinski definition) is 1. The molecule has 2 N–H and O–H groups in total. The van der Waals surface area contributed by atoms with Crippen molar-refractivity contribution in [2.45, 2.75) is 0 Å². The van der Waals surface area contributed by atoms with E-state index in [4.69, 9.17) is 11.0 Å². The number of non-ortho nitro benzene ring substituents is 1. The molecule has 0 aliphatic heterocycles. The Morgan fingerprint density at radius 3 is 2.53 bits per heavy atom. The van der Waals surface area contributed by atoms with Crippen LogP contribution in [0.1, 0.15) is 5.56 Å². The van der Waals surface area contributed by atoms with Crippen LogP contribution in [0.4, 0.5) is 21.4 Å². The van der Waals surface area contributed by atoms with Crippen molar-refractivity contribution in [1.29, 1.82) is 5.26 Å². The highest BCUT2D eigenvalue weighted by Gasteiger charge is 2.05. The summed E-state index contributed by atoms with van der Waals surface area (Å²) in [6, 6.07) is 9.15. The molecule has 0 fully saturated rings. The number of hydrogen-bond acceptors (Lipinski definition) is 7. The van der Waals surface area contributed by atoms with Gasteiger partial charge in [-0.2, -0.15) is 5.26 Å². The number of nitriles is 1. The third-order valence-corrected chi connectivity index (χ3v) is 3.04. The van der Waals surface area contributed by atoms with Gasteiger partial charge in [-0.1, -0.05) is 11.3 Å². The first-order chi connectivity index (χ1) is 9.10. The molecule has 0 unspecified atom stereocenters. The number of nitrogen functional groups attached to an aromatic ring is 1. The van der Waals surface area contributed by atoms with Crippen molar-refractivity contribution in [1.82, 2.24) is 0 Å². The Labute approximate surface area is 111 Å². The lowest BCUT2D eigenvalue weighted by molar-refractivity contribution is -0.384. The molecular weight excluding hydrogens is 266 g/mol. The topological polar surface area (TPSA) is 118 Å². The zero-order chi connectivity index (χ0) is 13.8. The Morgan fingerprint density at radius 1 is 1.32 bits per heavy atom. The summed E-state index contributed by atoms with van der Waals surface area (Å²) in [6.07, 6.45) is 0. The van der Waals surface area contributed by atoms with E-state index in [9.17, 15) is 10.1 Å². The summed E-state index contributed by atoms with van der Waals surface area (Å²) in [5, 5.41) is 27.9. The van der Waals surface area contributed by atoms with Gasteiger partial charge in [0.05, 0.1) is 16.2 Å². The van der Waals surface area contributed by atoms with Gasteiger partial charge in [0, 0.05) is 12.1 Å². The van der Waals surface area contributed by atoms with E-state index in [1.54, 1.807) is 0 Å². The van der Waals surface area contributed by atoms with Crippen LogP contribution in [0.2, 0.25) is 0 Å². The lowest BCUT2D eigenvalue weighted by Crippen LogP contribution is -1.85. The van der Waals surface area contributed by atoms with Gasteiger partial charge in [0.2, 0.25) is 0 Å². The fourth-order valence-electron chi connectivity index (χ4n) is 1.28. The van der Waals surface area contributed by atoms with Crippen LogP contribution in [0.15, 0.2) is 40.6 Å². The van der Waals surface area contributed by atoms with E-state index < -0.39 is 4.92 Å². The minimum absolute atomic E-state index is 0.00825. The number of anilines is 1. The number of nitro benzene ring substituents is 1. The Hall–Kier alpha value is -2.79. The van der Waals surface area contributed by atoms with Crippen LogP contribution in [0, 0.1) is 21.4 Å². The quantitative estimate of drug-likeness (QED) is 0.522. The summed E-state index contributed by atoms with van der Waals surface area (Å²) in [5.74, 6) is 0. The third kappa shape index (κ3) is 2.91. The second kappa shape index (κ2) is 5.24. The van der Waals surface area contributed by atoms with Crippen molar-refractivity contribution in [3.63, 3.8) is 0 Å². The second-order valence-corrected chi connectivity index (χ2v) is 4.51. The van der Waals surface area contributed by atoms with E-state index in [0.29, 0.717) is 21.3 Å². The number of thiophene rings is 1. The number of nitrogens with two attached hydrogens (primary N) is 1. The predicted octanol–water partition coefficient (Wildman–Crippen LogP) is 3.53. The molecule has 0 radical (unpaired) electrons. The molecule has 94 valence electrons. The lowest BCUT2D eigenvalue weighted by Gasteiger charge is -1.91. The molecule has 0 aliphatic rings.